The van der Waals surface area contributed by atoms with Crippen molar-refractivity contribution in [3.05, 3.63) is 77.2 Å². The standard InChI is InChI=1S/C23H23FN2O2/c1-22(2)12-17-18(8-6-9-19(17)24)23(26-22,21(27)14-28-3)16-11-15-7-4-5-10-20(15)25-13-16/h4-11,13,26H,12,14H2,1-3H3. The molecule has 1 N–H and O–H groups in total. The third-order valence-corrected chi connectivity index (χ3v) is 5.38. The number of pyridine rings is 1. The molecule has 0 fully saturated rings. The molecule has 4 rings (SSSR count). The number of carbonyl (C=O) groups is 1. The summed E-state index contributed by atoms with van der Waals surface area (Å²) in [5.41, 5.74) is 0.994. The summed E-state index contributed by atoms with van der Waals surface area (Å²) in [6.07, 6.45) is 2.19. The monoisotopic (exact) mass is 378 g/mol. The SMILES string of the molecule is COCC(=O)C1(c2cnc3ccccc3c2)NC(C)(C)Cc2c(F)cccc21. The lowest BCUT2D eigenvalue weighted by molar-refractivity contribution is -0.129. The molecule has 0 amide bonds. The molecule has 5 heteroatoms. The fourth-order valence-corrected chi connectivity index (χ4v) is 4.27. The Hall–Kier alpha value is -2.63. The molecule has 2 aromatic carbocycles. The number of halogens is 1. The summed E-state index contributed by atoms with van der Waals surface area (Å²) in [5.74, 6) is -0.470. The second-order valence-corrected chi connectivity index (χ2v) is 7.97. The van der Waals surface area contributed by atoms with E-state index in [2.05, 4.69) is 10.3 Å². The van der Waals surface area contributed by atoms with Gasteiger partial charge in [0.2, 0.25) is 0 Å². The van der Waals surface area contributed by atoms with Gasteiger partial charge in [0.15, 0.2) is 5.78 Å². The maximum absolute atomic E-state index is 14.8. The molecule has 2 heterocycles. The number of ketones is 1. The molecule has 0 radical (unpaired) electrons. The van der Waals surface area contributed by atoms with Gasteiger partial charge in [0, 0.05) is 29.8 Å². The molecule has 1 atom stereocenters. The van der Waals surface area contributed by atoms with E-state index in [9.17, 15) is 9.18 Å². The Morgan fingerprint density at radius 2 is 2.00 bits per heavy atom. The van der Waals surface area contributed by atoms with Gasteiger partial charge < -0.3 is 4.74 Å². The van der Waals surface area contributed by atoms with Gasteiger partial charge in [-0.15, -0.1) is 0 Å². The Balaban J connectivity index is 2.05. The lowest BCUT2D eigenvalue weighted by atomic mass is 9.70. The Morgan fingerprint density at radius 3 is 2.79 bits per heavy atom. The summed E-state index contributed by atoms with van der Waals surface area (Å²) in [6.45, 7) is 3.86. The van der Waals surface area contributed by atoms with E-state index in [0.717, 1.165) is 10.9 Å². The zero-order valence-electron chi connectivity index (χ0n) is 16.3. The minimum absolute atomic E-state index is 0.0914. The number of benzene rings is 2. The second-order valence-electron chi connectivity index (χ2n) is 7.97. The third kappa shape index (κ3) is 2.91. The van der Waals surface area contributed by atoms with Gasteiger partial charge in [-0.3, -0.25) is 15.1 Å². The molecular formula is C23H23FN2O2. The Kier molecular flexibility index (Phi) is 4.52. The number of hydrogen-bond donors (Lipinski definition) is 1. The van der Waals surface area contributed by atoms with Crippen LogP contribution in [0.15, 0.2) is 54.7 Å². The van der Waals surface area contributed by atoms with E-state index < -0.39 is 11.1 Å². The van der Waals surface area contributed by atoms with Crippen molar-refractivity contribution in [2.24, 2.45) is 0 Å². The molecule has 0 spiro atoms. The quantitative estimate of drug-likeness (QED) is 0.751. The summed E-state index contributed by atoms with van der Waals surface area (Å²) in [5, 5.41) is 4.44. The number of methoxy groups -OCH3 is 1. The normalized spacial score (nSPS) is 20.7. The first kappa shape index (κ1) is 18.7. The zero-order valence-corrected chi connectivity index (χ0v) is 16.3. The van der Waals surface area contributed by atoms with E-state index in [-0.39, 0.29) is 18.2 Å². The molecular weight excluding hydrogens is 355 g/mol. The topological polar surface area (TPSA) is 51.2 Å². The number of nitrogens with one attached hydrogen (secondary N) is 1. The highest BCUT2D eigenvalue weighted by Gasteiger charge is 2.50. The van der Waals surface area contributed by atoms with Crippen LogP contribution >= 0.6 is 0 Å². The Morgan fingerprint density at radius 1 is 1.21 bits per heavy atom. The lowest BCUT2D eigenvalue weighted by Gasteiger charge is -2.47. The van der Waals surface area contributed by atoms with Crippen molar-refractivity contribution in [2.45, 2.75) is 31.3 Å². The number of carbonyl (C=O) groups excluding carboxylic acids is 1. The zero-order chi connectivity index (χ0) is 19.9. The molecule has 0 bridgehead atoms. The van der Waals surface area contributed by atoms with E-state index in [1.807, 2.05) is 50.2 Å². The minimum Gasteiger partial charge on any atom is -0.377 e. The van der Waals surface area contributed by atoms with Gasteiger partial charge in [-0.05, 0) is 49.6 Å². The van der Waals surface area contributed by atoms with Gasteiger partial charge in [-0.25, -0.2) is 4.39 Å². The van der Waals surface area contributed by atoms with Crippen LogP contribution in [0, 0.1) is 5.82 Å². The predicted molar refractivity (Wildman–Crippen MR) is 107 cm³/mol. The van der Waals surface area contributed by atoms with Crippen LogP contribution in [0.2, 0.25) is 0 Å². The first-order valence-corrected chi connectivity index (χ1v) is 9.32. The predicted octanol–water partition coefficient (Wildman–Crippen LogP) is 3.76. The van der Waals surface area contributed by atoms with Gasteiger partial charge in [0.05, 0.1) is 5.52 Å². The number of ether oxygens (including phenoxy) is 1. The van der Waals surface area contributed by atoms with Gasteiger partial charge in [0.25, 0.3) is 0 Å². The molecule has 144 valence electrons. The lowest BCUT2D eigenvalue weighted by Crippen LogP contribution is -2.63. The van der Waals surface area contributed by atoms with Gasteiger partial charge in [-0.1, -0.05) is 30.3 Å². The maximum Gasteiger partial charge on any atom is 0.187 e. The summed E-state index contributed by atoms with van der Waals surface area (Å²) >= 11 is 0. The van der Waals surface area contributed by atoms with E-state index in [1.54, 1.807) is 12.3 Å². The molecule has 1 aliphatic heterocycles. The van der Waals surface area contributed by atoms with E-state index in [4.69, 9.17) is 4.74 Å². The smallest absolute Gasteiger partial charge is 0.187 e. The van der Waals surface area contributed by atoms with Crippen LogP contribution in [0.3, 0.4) is 0 Å². The maximum atomic E-state index is 14.8. The van der Waals surface area contributed by atoms with Crippen molar-refractivity contribution in [3.63, 3.8) is 0 Å². The summed E-state index contributed by atoms with van der Waals surface area (Å²) in [6, 6.07) is 14.6. The molecule has 0 saturated carbocycles. The summed E-state index contributed by atoms with van der Waals surface area (Å²) in [4.78, 5) is 18.0. The first-order valence-electron chi connectivity index (χ1n) is 9.32. The Bertz CT molecular complexity index is 1060. The molecule has 1 aromatic heterocycles. The molecule has 28 heavy (non-hydrogen) atoms. The number of nitrogens with zero attached hydrogens (tertiary/aromatic N) is 1. The first-order chi connectivity index (χ1) is 13.4. The van der Waals surface area contributed by atoms with E-state index >= 15 is 0 Å². The van der Waals surface area contributed by atoms with Crippen LogP contribution in [0.25, 0.3) is 10.9 Å². The average Bonchev–Trinajstić information content (AvgIpc) is 2.67. The van der Waals surface area contributed by atoms with Crippen LogP contribution in [0.1, 0.15) is 30.5 Å². The number of aromatic nitrogens is 1. The average molecular weight is 378 g/mol. The molecule has 0 aliphatic carbocycles. The number of rotatable bonds is 4. The summed E-state index contributed by atoms with van der Waals surface area (Å²) in [7, 11) is 1.49. The molecule has 0 saturated heterocycles. The van der Waals surface area contributed by atoms with Crippen molar-refractivity contribution >= 4 is 16.7 Å². The van der Waals surface area contributed by atoms with E-state index in [0.29, 0.717) is 23.1 Å². The van der Waals surface area contributed by atoms with Crippen LogP contribution in [-0.4, -0.2) is 30.0 Å². The van der Waals surface area contributed by atoms with Gasteiger partial charge >= 0.3 is 0 Å². The molecule has 1 unspecified atom stereocenters. The highest BCUT2D eigenvalue weighted by atomic mass is 19.1. The number of Topliss-reactive ketones (excluding diaryl/α,β-unsaturated/α-hetero) is 1. The fraction of sp³-hybridized carbons (Fsp3) is 0.304. The minimum atomic E-state index is -1.23. The van der Waals surface area contributed by atoms with Crippen LogP contribution < -0.4 is 5.32 Å². The number of fused-ring (bicyclic) bond motifs is 2. The largest absolute Gasteiger partial charge is 0.377 e. The fourth-order valence-electron chi connectivity index (χ4n) is 4.27. The molecule has 4 nitrogen and oxygen atoms in total. The number of hydrogen-bond acceptors (Lipinski definition) is 4. The van der Waals surface area contributed by atoms with Crippen molar-refractivity contribution in [2.75, 3.05) is 13.7 Å². The van der Waals surface area contributed by atoms with Crippen molar-refractivity contribution in [1.82, 2.24) is 10.3 Å². The van der Waals surface area contributed by atoms with E-state index in [1.165, 1.54) is 13.2 Å². The second kappa shape index (κ2) is 6.76. The number of para-hydroxylation sites is 1. The van der Waals surface area contributed by atoms with Gasteiger partial charge in [0.1, 0.15) is 18.0 Å². The van der Waals surface area contributed by atoms with Gasteiger partial charge in [-0.2, -0.15) is 0 Å². The van der Waals surface area contributed by atoms with Crippen LogP contribution in [0.4, 0.5) is 4.39 Å². The van der Waals surface area contributed by atoms with Crippen LogP contribution in [0.5, 0.6) is 0 Å². The van der Waals surface area contributed by atoms with Crippen molar-refractivity contribution in [3.8, 4) is 0 Å². The highest BCUT2D eigenvalue weighted by molar-refractivity contribution is 5.96. The Labute approximate surface area is 163 Å². The third-order valence-electron chi connectivity index (χ3n) is 5.38. The van der Waals surface area contributed by atoms with Crippen LogP contribution in [-0.2, 0) is 21.5 Å². The summed E-state index contributed by atoms with van der Waals surface area (Å²) < 4.78 is 20.0. The van der Waals surface area contributed by atoms with Crippen molar-refractivity contribution in [1.29, 1.82) is 0 Å². The highest BCUT2D eigenvalue weighted by Crippen LogP contribution is 2.41. The van der Waals surface area contributed by atoms with Crippen molar-refractivity contribution < 1.29 is 13.9 Å². The molecule has 1 aliphatic rings. The molecule has 3 aromatic rings.